The zero-order chi connectivity index (χ0) is 17.9. The Balaban J connectivity index is 1.92. The van der Waals surface area contributed by atoms with Gasteiger partial charge >= 0.3 is 0 Å². The van der Waals surface area contributed by atoms with Gasteiger partial charge in [0.15, 0.2) is 11.5 Å². The van der Waals surface area contributed by atoms with Crippen molar-refractivity contribution in [3.8, 4) is 11.5 Å². The maximum atomic E-state index is 8.77. The highest BCUT2D eigenvalue weighted by atomic mass is 35.5. The van der Waals surface area contributed by atoms with Gasteiger partial charge in [-0.1, -0.05) is 41.9 Å². The summed E-state index contributed by atoms with van der Waals surface area (Å²) in [4.78, 5) is 0. The van der Waals surface area contributed by atoms with Crippen LogP contribution in [-0.2, 0) is 13.2 Å². The Bertz CT molecular complexity index is 634. The zero-order valence-corrected chi connectivity index (χ0v) is 15.4. The van der Waals surface area contributed by atoms with Crippen molar-refractivity contribution < 1.29 is 14.6 Å². The molecule has 0 radical (unpaired) electrons. The molecule has 4 nitrogen and oxygen atoms in total. The van der Waals surface area contributed by atoms with Gasteiger partial charge in [0.1, 0.15) is 6.61 Å². The van der Waals surface area contributed by atoms with Crippen LogP contribution in [0, 0.1) is 0 Å². The number of methoxy groups -OCH3 is 1. The Kier molecular flexibility index (Phi) is 8.60. The van der Waals surface area contributed by atoms with E-state index >= 15 is 0 Å². The predicted octanol–water partition coefficient (Wildman–Crippen LogP) is 4.18. The summed E-state index contributed by atoms with van der Waals surface area (Å²) < 4.78 is 11.3. The lowest BCUT2D eigenvalue weighted by atomic mass is 10.2. The minimum atomic E-state index is 0.261. The van der Waals surface area contributed by atoms with Crippen molar-refractivity contribution in [2.45, 2.75) is 32.4 Å². The number of halogens is 1. The molecule has 0 heterocycles. The first-order valence-electron chi connectivity index (χ1n) is 8.59. The van der Waals surface area contributed by atoms with E-state index in [1.54, 1.807) is 7.11 Å². The number of rotatable bonds is 11. The molecule has 0 aromatic heterocycles. The normalized spacial score (nSPS) is 10.7. The monoisotopic (exact) mass is 363 g/mol. The van der Waals surface area contributed by atoms with Crippen LogP contribution in [0.1, 0.15) is 30.4 Å². The minimum Gasteiger partial charge on any atom is -0.493 e. The van der Waals surface area contributed by atoms with E-state index in [1.807, 2.05) is 42.5 Å². The molecule has 0 saturated carbocycles. The van der Waals surface area contributed by atoms with Gasteiger partial charge in [0.05, 0.1) is 12.1 Å². The van der Waals surface area contributed by atoms with E-state index in [-0.39, 0.29) is 6.61 Å². The van der Waals surface area contributed by atoms with Crippen LogP contribution in [0.3, 0.4) is 0 Å². The molecule has 25 heavy (non-hydrogen) atoms. The molecule has 0 saturated heterocycles. The van der Waals surface area contributed by atoms with Crippen molar-refractivity contribution in [1.29, 1.82) is 0 Å². The van der Waals surface area contributed by atoms with E-state index in [0.29, 0.717) is 29.7 Å². The van der Waals surface area contributed by atoms with Crippen molar-refractivity contribution >= 4 is 11.6 Å². The van der Waals surface area contributed by atoms with Gasteiger partial charge in [-0.3, -0.25) is 0 Å². The minimum absolute atomic E-state index is 0.261. The van der Waals surface area contributed by atoms with Gasteiger partial charge in [-0.15, -0.1) is 0 Å². The largest absolute Gasteiger partial charge is 0.493 e. The fourth-order valence-electron chi connectivity index (χ4n) is 2.52. The molecular weight excluding hydrogens is 338 g/mol. The molecule has 136 valence electrons. The molecule has 0 aliphatic rings. The molecule has 5 heteroatoms. The van der Waals surface area contributed by atoms with E-state index < -0.39 is 0 Å². The van der Waals surface area contributed by atoms with Crippen LogP contribution in [-0.4, -0.2) is 25.4 Å². The number of aliphatic hydroxyl groups is 1. The van der Waals surface area contributed by atoms with E-state index in [1.165, 1.54) is 0 Å². The lowest BCUT2D eigenvalue weighted by molar-refractivity contribution is 0.282. The van der Waals surface area contributed by atoms with Gasteiger partial charge in [-0.2, -0.15) is 0 Å². The molecule has 0 spiro atoms. The highest BCUT2D eigenvalue weighted by molar-refractivity contribution is 6.32. The van der Waals surface area contributed by atoms with Crippen LogP contribution in [0.5, 0.6) is 11.5 Å². The van der Waals surface area contributed by atoms with E-state index in [4.69, 9.17) is 26.2 Å². The third-order valence-electron chi connectivity index (χ3n) is 3.86. The third-order valence-corrected chi connectivity index (χ3v) is 4.14. The number of hydrogen-bond donors (Lipinski definition) is 2. The Morgan fingerprint density at radius 2 is 1.84 bits per heavy atom. The molecule has 0 unspecified atom stereocenters. The summed E-state index contributed by atoms with van der Waals surface area (Å²) in [7, 11) is 1.62. The van der Waals surface area contributed by atoms with Crippen LogP contribution in [0.25, 0.3) is 0 Å². The summed E-state index contributed by atoms with van der Waals surface area (Å²) in [6.07, 6.45) is 2.93. The number of ether oxygens (including phenoxy) is 2. The first-order chi connectivity index (χ1) is 12.2. The maximum absolute atomic E-state index is 8.77. The van der Waals surface area contributed by atoms with Gasteiger partial charge in [0.2, 0.25) is 0 Å². The highest BCUT2D eigenvalue weighted by Crippen LogP contribution is 2.37. The van der Waals surface area contributed by atoms with E-state index in [9.17, 15) is 0 Å². The van der Waals surface area contributed by atoms with Gasteiger partial charge in [0.25, 0.3) is 0 Å². The number of aliphatic hydroxyl groups excluding tert-OH is 1. The molecule has 0 aliphatic carbocycles. The highest BCUT2D eigenvalue weighted by Gasteiger charge is 2.12. The molecule has 2 rings (SSSR count). The lowest BCUT2D eigenvalue weighted by Gasteiger charge is -2.14. The number of benzene rings is 2. The van der Waals surface area contributed by atoms with E-state index in [2.05, 4.69) is 5.32 Å². The average Bonchev–Trinajstić information content (AvgIpc) is 2.64. The van der Waals surface area contributed by atoms with Crippen LogP contribution in [0.4, 0.5) is 0 Å². The Morgan fingerprint density at radius 1 is 1.04 bits per heavy atom. The van der Waals surface area contributed by atoms with Gasteiger partial charge in [0, 0.05) is 13.2 Å². The molecule has 0 atom stereocenters. The predicted molar refractivity (Wildman–Crippen MR) is 101 cm³/mol. The summed E-state index contributed by atoms with van der Waals surface area (Å²) >= 11 is 6.40. The first-order valence-corrected chi connectivity index (χ1v) is 8.97. The quantitative estimate of drug-likeness (QED) is 0.588. The molecule has 0 bridgehead atoms. The molecular formula is C20H26ClNO3. The van der Waals surface area contributed by atoms with Crippen LogP contribution < -0.4 is 14.8 Å². The topological polar surface area (TPSA) is 50.7 Å². The maximum Gasteiger partial charge on any atom is 0.180 e. The smallest absolute Gasteiger partial charge is 0.180 e. The SMILES string of the molecule is COc1cc(CNCCCCCO)cc(Cl)c1OCc1ccccc1. The summed E-state index contributed by atoms with van der Waals surface area (Å²) in [5, 5.41) is 12.7. The van der Waals surface area contributed by atoms with Crippen LogP contribution in [0.2, 0.25) is 5.02 Å². The molecule has 0 amide bonds. The number of unbranched alkanes of at least 4 members (excludes halogenated alkanes) is 2. The fraction of sp³-hybridized carbons (Fsp3) is 0.400. The molecule has 2 N–H and O–H groups in total. The fourth-order valence-corrected chi connectivity index (χ4v) is 2.80. The second kappa shape index (κ2) is 11.0. The standard InChI is InChI=1S/C20H26ClNO3/c1-24-19-13-17(14-22-10-6-3-7-11-23)12-18(21)20(19)25-15-16-8-4-2-5-9-16/h2,4-5,8-9,12-13,22-23H,3,6-7,10-11,14-15H2,1H3. The van der Waals surface area contributed by atoms with Gasteiger partial charge in [-0.25, -0.2) is 0 Å². The third kappa shape index (κ3) is 6.58. The van der Waals surface area contributed by atoms with Gasteiger partial charge in [-0.05, 0) is 49.1 Å². The average molecular weight is 364 g/mol. The van der Waals surface area contributed by atoms with Crippen LogP contribution in [0.15, 0.2) is 42.5 Å². The van der Waals surface area contributed by atoms with Crippen molar-refractivity contribution in [3.63, 3.8) is 0 Å². The molecule has 0 aliphatic heterocycles. The summed E-state index contributed by atoms with van der Waals surface area (Å²) in [6, 6.07) is 13.8. The van der Waals surface area contributed by atoms with E-state index in [0.717, 1.165) is 36.9 Å². The lowest BCUT2D eigenvalue weighted by Crippen LogP contribution is -2.15. The summed E-state index contributed by atoms with van der Waals surface area (Å²) in [6.45, 7) is 2.33. The Labute approximate surface area is 154 Å². The molecule has 0 fully saturated rings. The van der Waals surface area contributed by atoms with Crippen molar-refractivity contribution in [2.75, 3.05) is 20.3 Å². The Morgan fingerprint density at radius 3 is 2.56 bits per heavy atom. The van der Waals surface area contributed by atoms with Crippen molar-refractivity contribution in [3.05, 3.63) is 58.6 Å². The van der Waals surface area contributed by atoms with Crippen molar-refractivity contribution in [1.82, 2.24) is 5.32 Å². The molecule has 2 aromatic rings. The Hall–Kier alpha value is -1.75. The second-order valence-corrected chi connectivity index (χ2v) is 6.25. The second-order valence-electron chi connectivity index (χ2n) is 5.84. The number of nitrogens with one attached hydrogen (secondary N) is 1. The summed E-state index contributed by atoms with van der Waals surface area (Å²) in [5.74, 6) is 1.21. The summed E-state index contributed by atoms with van der Waals surface area (Å²) in [5.41, 5.74) is 2.13. The molecule has 2 aromatic carbocycles. The zero-order valence-electron chi connectivity index (χ0n) is 14.6. The van der Waals surface area contributed by atoms with Crippen molar-refractivity contribution in [2.24, 2.45) is 0 Å². The first kappa shape index (κ1) is 19.6. The van der Waals surface area contributed by atoms with Crippen LogP contribution >= 0.6 is 11.6 Å². The van der Waals surface area contributed by atoms with Gasteiger partial charge < -0.3 is 19.9 Å². The number of hydrogen-bond acceptors (Lipinski definition) is 4.